The van der Waals surface area contributed by atoms with E-state index in [0.717, 1.165) is 43.4 Å². The molecule has 2 aromatic heterocycles. The number of pyridine rings is 2. The van der Waals surface area contributed by atoms with E-state index in [0.29, 0.717) is 5.92 Å². The van der Waals surface area contributed by atoms with Crippen molar-refractivity contribution in [1.29, 1.82) is 0 Å². The van der Waals surface area contributed by atoms with Gasteiger partial charge < -0.3 is 4.98 Å². The van der Waals surface area contributed by atoms with Gasteiger partial charge in [0.15, 0.2) is 0 Å². The van der Waals surface area contributed by atoms with E-state index in [2.05, 4.69) is 45.2 Å². The zero-order valence-electron chi connectivity index (χ0n) is 16.7. The summed E-state index contributed by atoms with van der Waals surface area (Å²) < 4.78 is 0. The predicted octanol–water partition coefficient (Wildman–Crippen LogP) is 4.87. The first kappa shape index (κ1) is 18.3. The number of hydrogen-bond acceptors (Lipinski definition) is 3. The molecule has 0 bridgehead atoms. The Morgan fingerprint density at radius 1 is 1.10 bits per heavy atom. The Balaban J connectivity index is 1.27. The highest BCUT2D eigenvalue weighted by atomic mass is 16.1. The van der Waals surface area contributed by atoms with Gasteiger partial charge in [-0.3, -0.25) is 14.7 Å². The summed E-state index contributed by atoms with van der Waals surface area (Å²) in [5.41, 5.74) is 6.35. The maximum atomic E-state index is 11.8. The summed E-state index contributed by atoms with van der Waals surface area (Å²) in [6.45, 7) is 3.11. The number of hydrogen-bond donors (Lipinski definition) is 1. The van der Waals surface area contributed by atoms with Crippen molar-refractivity contribution in [3.63, 3.8) is 0 Å². The SMILES string of the molecule is O=c1ccc2cccc(C3CCN(Cc4cncc(C5=CCCC5)c4)CC3)c2[nH]1. The van der Waals surface area contributed by atoms with Gasteiger partial charge in [0.25, 0.3) is 0 Å². The number of rotatable bonds is 4. The highest BCUT2D eigenvalue weighted by Gasteiger charge is 2.22. The zero-order valence-corrected chi connectivity index (χ0v) is 16.7. The van der Waals surface area contributed by atoms with Crippen molar-refractivity contribution in [2.24, 2.45) is 0 Å². The van der Waals surface area contributed by atoms with Crippen LogP contribution in [-0.2, 0) is 6.54 Å². The molecule has 2 aliphatic rings. The number of allylic oxidation sites excluding steroid dienone is 2. The second-order valence-corrected chi connectivity index (χ2v) is 8.39. The minimum Gasteiger partial charge on any atom is -0.322 e. The van der Waals surface area contributed by atoms with E-state index >= 15 is 0 Å². The van der Waals surface area contributed by atoms with Gasteiger partial charge in [0.05, 0.1) is 5.52 Å². The Labute approximate surface area is 171 Å². The van der Waals surface area contributed by atoms with Gasteiger partial charge in [-0.25, -0.2) is 0 Å². The number of nitrogens with one attached hydrogen (secondary N) is 1. The summed E-state index contributed by atoms with van der Waals surface area (Å²) in [5.74, 6) is 0.501. The van der Waals surface area contributed by atoms with Gasteiger partial charge in [0.2, 0.25) is 5.56 Å². The number of likely N-dealkylation sites (tertiary alicyclic amines) is 1. The average Bonchev–Trinajstić information content (AvgIpc) is 3.29. The second-order valence-electron chi connectivity index (χ2n) is 8.39. The first-order valence-corrected chi connectivity index (χ1v) is 10.7. The highest BCUT2D eigenvalue weighted by Crippen LogP contribution is 2.32. The molecule has 3 aromatic rings. The molecule has 0 saturated carbocycles. The van der Waals surface area contributed by atoms with E-state index in [9.17, 15) is 4.79 Å². The van der Waals surface area contributed by atoms with Crippen LogP contribution in [0, 0.1) is 0 Å². The lowest BCUT2D eigenvalue weighted by atomic mass is 9.88. The molecule has 148 valence electrons. The molecule has 1 aromatic carbocycles. The number of aromatic nitrogens is 2. The summed E-state index contributed by atoms with van der Waals surface area (Å²) in [7, 11) is 0. The van der Waals surface area contributed by atoms with Crippen LogP contribution < -0.4 is 5.56 Å². The van der Waals surface area contributed by atoms with Crippen molar-refractivity contribution in [3.8, 4) is 0 Å². The number of para-hydroxylation sites is 1. The van der Waals surface area contributed by atoms with Crippen LogP contribution in [0.25, 0.3) is 16.5 Å². The first-order valence-electron chi connectivity index (χ1n) is 10.7. The Kier molecular flexibility index (Phi) is 5.03. The lowest BCUT2D eigenvalue weighted by Gasteiger charge is -2.32. The van der Waals surface area contributed by atoms with E-state index in [-0.39, 0.29) is 5.56 Å². The number of nitrogens with zero attached hydrogens (tertiary/aromatic N) is 2. The predicted molar refractivity (Wildman–Crippen MR) is 118 cm³/mol. The number of piperidine rings is 1. The summed E-state index contributed by atoms with van der Waals surface area (Å²) in [5, 5.41) is 1.12. The number of benzene rings is 1. The number of aromatic amines is 1. The molecule has 1 aliphatic heterocycles. The van der Waals surface area contributed by atoms with Crippen LogP contribution >= 0.6 is 0 Å². The normalized spacial score (nSPS) is 18.3. The largest absolute Gasteiger partial charge is 0.322 e. The molecule has 4 nitrogen and oxygen atoms in total. The van der Waals surface area contributed by atoms with Crippen molar-refractivity contribution < 1.29 is 0 Å². The van der Waals surface area contributed by atoms with E-state index in [1.807, 2.05) is 18.5 Å². The van der Waals surface area contributed by atoms with E-state index in [4.69, 9.17) is 0 Å². The van der Waals surface area contributed by atoms with Gasteiger partial charge in [0.1, 0.15) is 0 Å². The Bertz CT molecular complexity index is 1110. The van der Waals surface area contributed by atoms with Gasteiger partial charge >= 0.3 is 0 Å². The second kappa shape index (κ2) is 7.96. The number of fused-ring (bicyclic) bond motifs is 1. The van der Waals surface area contributed by atoms with Gasteiger partial charge in [-0.05, 0) is 90.9 Å². The molecule has 3 heterocycles. The van der Waals surface area contributed by atoms with Crippen LogP contribution in [0.4, 0.5) is 0 Å². The van der Waals surface area contributed by atoms with Crippen LogP contribution in [0.15, 0.2) is 59.7 Å². The molecule has 5 rings (SSSR count). The van der Waals surface area contributed by atoms with E-state index in [1.54, 1.807) is 6.07 Å². The lowest BCUT2D eigenvalue weighted by molar-refractivity contribution is 0.205. The van der Waals surface area contributed by atoms with Gasteiger partial charge in [-0.15, -0.1) is 0 Å². The molecule has 4 heteroatoms. The van der Waals surface area contributed by atoms with Crippen LogP contribution in [0.1, 0.15) is 54.7 Å². The van der Waals surface area contributed by atoms with Crippen LogP contribution in [-0.4, -0.2) is 28.0 Å². The standard InChI is InChI=1S/C25H27N3O/c29-24-9-8-21-6-3-7-23(25(21)27-24)20-10-12-28(13-11-20)17-18-14-22(16-26-15-18)19-4-1-2-5-19/h3-4,6-9,14-16,20H,1-2,5,10-13,17H2,(H,27,29). The first-order chi connectivity index (χ1) is 14.3. The van der Waals surface area contributed by atoms with Crippen LogP contribution in [0.2, 0.25) is 0 Å². The summed E-state index contributed by atoms with van der Waals surface area (Å²) in [6, 6.07) is 12.2. The third kappa shape index (κ3) is 3.90. The van der Waals surface area contributed by atoms with Crippen LogP contribution in [0.3, 0.4) is 0 Å². The third-order valence-electron chi connectivity index (χ3n) is 6.43. The maximum Gasteiger partial charge on any atom is 0.248 e. The fraction of sp³-hybridized carbons (Fsp3) is 0.360. The van der Waals surface area contributed by atoms with E-state index < -0.39 is 0 Å². The average molecular weight is 386 g/mol. The van der Waals surface area contributed by atoms with Gasteiger partial charge in [-0.2, -0.15) is 0 Å². The minimum absolute atomic E-state index is 0.0212. The smallest absolute Gasteiger partial charge is 0.248 e. The molecule has 1 saturated heterocycles. The lowest BCUT2D eigenvalue weighted by Crippen LogP contribution is -2.32. The fourth-order valence-corrected chi connectivity index (χ4v) is 4.89. The molecule has 0 unspecified atom stereocenters. The summed E-state index contributed by atoms with van der Waals surface area (Å²) in [4.78, 5) is 21.9. The zero-order chi connectivity index (χ0) is 19.6. The quantitative estimate of drug-likeness (QED) is 0.697. The molecule has 0 radical (unpaired) electrons. The highest BCUT2D eigenvalue weighted by molar-refractivity contribution is 5.82. The van der Waals surface area contributed by atoms with Gasteiger partial charge in [-0.1, -0.05) is 24.3 Å². The monoisotopic (exact) mass is 385 g/mol. The molecule has 1 fully saturated rings. The van der Waals surface area contributed by atoms with Crippen molar-refractivity contribution in [3.05, 3.63) is 81.9 Å². The molecule has 29 heavy (non-hydrogen) atoms. The summed E-state index contributed by atoms with van der Waals surface area (Å²) >= 11 is 0. The fourth-order valence-electron chi connectivity index (χ4n) is 4.89. The minimum atomic E-state index is -0.0212. The Morgan fingerprint density at radius 2 is 2.00 bits per heavy atom. The molecule has 0 atom stereocenters. The van der Waals surface area contributed by atoms with Gasteiger partial charge in [0, 0.05) is 25.0 Å². The molecule has 0 spiro atoms. The van der Waals surface area contributed by atoms with Crippen molar-refractivity contribution in [2.45, 2.75) is 44.6 Å². The van der Waals surface area contributed by atoms with E-state index in [1.165, 1.54) is 41.5 Å². The van der Waals surface area contributed by atoms with Crippen LogP contribution in [0.5, 0.6) is 0 Å². The van der Waals surface area contributed by atoms with Crippen molar-refractivity contribution in [1.82, 2.24) is 14.9 Å². The topological polar surface area (TPSA) is 49.0 Å². The molecular formula is C25H27N3O. The molecule has 1 N–H and O–H groups in total. The molecular weight excluding hydrogens is 358 g/mol. The van der Waals surface area contributed by atoms with Crippen molar-refractivity contribution >= 4 is 16.5 Å². The molecule has 1 aliphatic carbocycles. The number of H-pyrrole nitrogens is 1. The summed E-state index contributed by atoms with van der Waals surface area (Å²) in [6.07, 6.45) is 12.3. The third-order valence-corrected chi connectivity index (χ3v) is 6.43. The maximum absolute atomic E-state index is 11.8. The van der Waals surface area contributed by atoms with Crippen molar-refractivity contribution in [2.75, 3.05) is 13.1 Å². The Morgan fingerprint density at radius 3 is 2.83 bits per heavy atom. The Hall–Kier alpha value is -2.72. The molecule has 0 amide bonds.